The van der Waals surface area contributed by atoms with Crippen LogP contribution in [0.25, 0.3) is 0 Å². The van der Waals surface area contributed by atoms with Crippen molar-refractivity contribution < 1.29 is 4.74 Å². The molecule has 1 aromatic carbocycles. The van der Waals surface area contributed by atoms with Gasteiger partial charge in [-0.2, -0.15) is 0 Å². The molecule has 2 rings (SSSR count). The Labute approximate surface area is 119 Å². The van der Waals surface area contributed by atoms with Gasteiger partial charge >= 0.3 is 0 Å². The molecule has 0 saturated carbocycles. The van der Waals surface area contributed by atoms with Crippen molar-refractivity contribution in [1.29, 1.82) is 0 Å². The van der Waals surface area contributed by atoms with Gasteiger partial charge in [-0.15, -0.1) is 11.3 Å². The van der Waals surface area contributed by atoms with Gasteiger partial charge in [0.15, 0.2) is 0 Å². The molecule has 0 radical (unpaired) electrons. The maximum absolute atomic E-state index is 5.79. The molecule has 19 heavy (non-hydrogen) atoms. The van der Waals surface area contributed by atoms with Gasteiger partial charge in [-0.1, -0.05) is 32.9 Å². The standard InChI is InChI=1S/C16H21NOS/c1-16(2,3)12-4-6-13(7-5-12)18-11-15-9-8-14(10-17)19-15/h4-9H,10-11,17H2,1-3H3. The Morgan fingerprint density at radius 3 is 2.16 bits per heavy atom. The molecule has 0 aliphatic rings. The van der Waals surface area contributed by atoms with Crippen LogP contribution in [-0.4, -0.2) is 0 Å². The Morgan fingerprint density at radius 1 is 1.00 bits per heavy atom. The smallest absolute Gasteiger partial charge is 0.122 e. The van der Waals surface area contributed by atoms with Crippen molar-refractivity contribution in [3.05, 3.63) is 51.7 Å². The summed E-state index contributed by atoms with van der Waals surface area (Å²) < 4.78 is 5.79. The Hall–Kier alpha value is -1.32. The van der Waals surface area contributed by atoms with Crippen molar-refractivity contribution in [2.75, 3.05) is 0 Å². The zero-order valence-electron chi connectivity index (χ0n) is 11.8. The molecule has 102 valence electrons. The van der Waals surface area contributed by atoms with E-state index in [4.69, 9.17) is 10.5 Å². The first-order valence-electron chi connectivity index (χ1n) is 6.50. The van der Waals surface area contributed by atoms with Crippen molar-refractivity contribution in [2.24, 2.45) is 5.73 Å². The van der Waals surface area contributed by atoms with Gasteiger partial charge in [0.05, 0.1) is 0 Å². The SMILES string of the molecule is CC(C)(C)c1ccc(OCc2ccc(CN)s2)cc1. The van der Waals surface area contributed by atoms with Gasteiger partial charge in [-0.05, 0) is 35.2 Å². The van der Waals surface area contributed by atoms with E-state index in [-0.39, 0.29) is 5.41 Å². The lowest BCUT2D eigenvalue weighted by atomic mass is 9.87. The largest absolute Gasteiger partial charge is 0.488 e. The predicted molar refractivity (Wildman–Crippen MR) is 81.7 cm³/mol. The third-order valence-electron chi connectivity index (χ3n) is 3.02. The van der Waals surface area contributed by atoms with E-state index in [0.717, 1.165) is 5.75 Å². The summed E-state index contributed by atoms with van der Waals surface area (Å²) >= 11 is 1.71. The highest BCUT2D eigenvalue weighted by Gasteiger charge is 2.12. The van der Waals surface area contributed by atoms with Gasteiger partial charge in [0.1, 0.15) is 12.4 Å². The summed E-state index contributed by atoms with van der Waals surface area (Å²) in [4.78, 5) is 2.40. The lowest BCUT2D eigenvalue weighted by molar-refractivity contribution is 0.309. The van der Waals surface area contributed by atoms with Gasteiger partial charge in [-0.3, -0.25) is 0 Å². The van der Waals surface area contributed by atoms with E-state index in [2.05, 4.69) is 45.0 Å². The fraction of sp³-hybridized carbons (Fsp3) is 0.375. The number of ether oxygens (including phenoxy) is 1. The van der Waals surface area contributed by atoms with Crippen LogP contribution in [0.1, 0.15) is 36.1 Å². The number of thiophene rings is 1. The van der Waals surface area contributed by atoms with E-state index < -0.39 is 0 Å². The minimum Gasteiger partial charge on any atom is -0.488 e. The third-order valence-corrected chi connectivity index (χ3v) is 4.10. The Kier molecular flexibility index (Phi) is 4.27. The van der Waals surface area contributed by atoms with E-state index in [0.29, 0.717) is 13.2 Å². The van der Waals surface area contributed by atoms with Gasteiger partial charge in [0.25, 0.3) is 0 Å². The molecule has 0 aliphatic heterocycles. The van der Waals surface area contributed by atoms with Crippen molar-refractivity contribution in [3.63, 3.8) is 0 Å². The highest BCUT2D eigenvalue weighted by atomic mass is 32.1. The van der Waals surface area contributed by atoms with Crippen molar-refractivity contribution in [1.82, 2.24) is 0 Å². The van der Waals surface area contributed by atoms with Crippen LogP contribution >= 0.6 is 11.3 Å². The first-order chi connectivity index (χ1) is 8.99. The lowest BCUT2D eigenvalue weighted by Gasteiger charge is -2.19. The summed E-state index contributed by atoms with van der Waals surface area (Å²) in [6, 6.07) is 12.5. The zero-order chi connectivity index (χ0) is 13.9. The monoisotopic (exact) mass is 275 g/mol. The van der Waals surface area contributed by atoms with E-state index in [9.17, 15) is 0 Å². The molecule has 0 atom stereocenters. The summed E-state index contributed by atoms with van der Waals surface area (Å²) in [6.45, 7) is 7.85. The van der Waals surface area contributed by atoms with E-state index >= 15 is 0 Å². The summed E-state index contributed by atoms with van der Waals surface area (Å²) in [7, 11) is 0. The first kappa shape index (κ1) is 14.1. The molecule has 0 amide bonds. The van der Waals surface area contributed by atoms with Crippen molar-refractivity contribution >= 4 is 11.3 Å². The molecule has 1 aromatic heterocycles. The molecular formula is C16H21NOS. The second-order valence-corrected chi connectivity index (χ2v) is 6.89. The van der Waals surface area contributed by atoms with E-state index in [1.165, 1.54) is 15.3 Å². The summed E-state index contributed by atoms with van der Waals surface area (Å²) in [5.74, 6) is 0.913. The van der Waals surface area contributed by atoms with Crippen molar-refractivity contribution in [3.8, 4) is 5.75 Å². The number of rotatable bonds is 4. The zero-order valence-corrected chi connectivity index (χ0v) is 12.6. The molecule has 2 aromatic rings. The van der Waals surface area contributed by atoms with Gasteiger partial charge in [0.2, 0.25) is 0 Å². The topological polar surface area (TPSA) is 35.2 Å². The van der Waals surface area contributed by atoms with Crippen LogP contribution in [0.5, 0.6) is 5.75 Å². The molecule has 0 aliphatic carbocycles. The number of nitrogens with two attached hydrogens (primary N) is 1. The van der Waals surface area contributed by atoms with Crippen LogP contribution in [0.4, 0.5) is 0 Å². The molecule has 1 heterocycles. The molecule has 0 unspecified atom stereocenters. The van der Waals surface area contributed by atoms with Crippen molar-refractivity contribution in [2.45, 2.75) is 39.3 Å². The fourth-order valence-corrected chi connectivity index (χ4v) is 2.63. The van der Waals surface area contributed by atoms with Gasteiger partial charge < -0.3 is 10.5 Å². The third kappa shape index (κ3) is 3.82. The Bertz CT molecular complexity index is 522. The molecule has 0 saturated heterocycles. The fourth-order valence-electron chi connectivity index (χ4n) is 1.82. The average molecular weight is 275 g/mol. The second-order valence-electron chi connectivity index (χ2n) is 5.64. The lowest BCUT2D eigenvalue weighted by Crippen LogP contribution is -2.10. The molecule has 3 heteroatoms. The summed E-state index contributed by atoms with van der Waals surface area (Å²) in [5, 5.41) is 0. The van der Waals surface area contributed by atoms with E-state index in [1.54, 1.807) is 11.3 Å². The quantitative estimate of drug-likeness (QED) is 0.912. The number of hydrogen-bond donors (Lipinski definition) is 1. The maximum Gasteiger partial charge on any atom is 0.122 e. The Balaban J connectivity index is 1.96. The normalized spacial score (nSPS) is 11.6. The molecule has 0 spiro atoms. The maximum atomic E-state index is 5.79. The van der Waals surface area contributed by atoms with Crippen LogP contribution in [0.3, 0.4) is 0 Å². The van der Waals surface area contributed by atoms with Crippen LogP contribution in [0, 0.1) is 0 Å². The number of hydrogen-bond acceptors (Lipinski definition) is 3. The van der Waals surface area contributed by atoms with Crippen LogP contribution in [0.15, 0.2) is 36.4 Å². The molecule has 2 nitrogen and oxygen atoms in total. The summed E-state index contributed by atoms with van der Waals surface area (Å²) in [6.07, 6.45) is 0. The van der Waals surface area contributed by atoms with E-state index in [1.807, 2.05) is 12.1 Å². The van der Waals surface area contributed by atoms with Gasteiger partial charge in [-0.25, -0.2) is 0 Å². The summed E-state index contributed by atoms with van der Waals surface area (Å²) in [5.41, 5.74) is 7.10. The first-order valence-corrected chi connectivity index (χ1v) is 7.31. The highest BCUT2D eigenvalue weighted by Crippen LogP contribution is 2.25. The molecule has 0 bridgehead atoms. The average Bonchev–Trinajstić information content (AvgIpc) is 2.84. The minimum atomic E-state index is 0.183. The molecule has 2 N–H and O–H groups in total. The number of benzene rings is 1. The Morgan fingerprint density at radius 2 is 1.63 bits per heavy atom. The second kappa shape index (κ2) is 5.76. The molecule has 0 fully saturated rings. The van der Waals surface area contributed by atoms with Gasteiger partial charge in [0, 0.05) is 16.3 Å². The van der Waals surface area contributed by atoms with Crippen LogP contribution in [-0.2, 0) is 18.6 Å². The molecular weight excluding hydrogens is 254 g/mol. The van der Waals surface area contributed by atoms with Crippen LogP contribution < -0.4 is 10.5 Å². The van der Waals surface area contributed by atoms with Crippen LogP contribution in [0.2, 0.25) is 0 Å². The predicted octanol–water partition coefficient (Wildman–Crippen LogP) is 4.08. The highest BCUT2D eigenvalue weighted by molar-refractivity contribution is 7.11. The minimum absolute atomic E-state index is 0.183.